The number of anilines is 1. The van der Waals surface area contributed by atoms with Gasteiger partial charge in [0.1, 0.15) is 24.3 Å². The SMILES string of the molecule is COc1ccc(CCC(=O)NC2[C@@H](O)[C@H](n3cnc4c(N(C)C)ncnc43)O[C@@H]2CO)cc1. The van der Waals surface area contributed by atoms with Crippen LogP contribution in [0.1, 0.15) is 18.2 Å². The molecule has 1 aliphatic rings. The predicted octanol–water partition coefficient (Wildman–Crippen LogP) is 0.269. The molecule has 3 aromatic rings. The average Bonchev–Trinajstić information content (AvgIpc) is 3.38. The number of carbonyl (C=O) groups excluding carboxylic acids is 1. The first-order valence-electron chi connectivity index (χ1n) is 10.6. The first-order valence-corrected chi connectivity index (χ1v) is 10.6. The van der Waals surface area contributed by atoms with Crippen LogP contribution in [0.2, 0.25) is 0 Å². The van der Waals surface area contributed by atoms with Gasteiger partial charge in [-0.3, -0.25) is 9.36 Å². The molecule has 1 aromatic carbocycles. The number of aliphatic hydroxyl groups excluding tert-OH is 2. The maximum Gasteiger partial charge on any atom is 0.220 e. The minimum absolute atomic E-state index is 0.228. The summed E-state index contributed by atoms with van der Waals surface area (Å²) in [5.41, 5.74) is 2.04. The van der Waals surface area contributed by atoms with Gasteiger partial charge in [0, 0.05) is 20.5 Å². The molecule has 4 rings (SSSR count). The van der Waals surface area contributed by atoms with E-state index in [0.29, 0.717) is 23.4 Å². The van der Waals surface area contributed by atoms with Crippen LogP contribution in [-0.4, -0.2) is 81.7 Å². The molecule has 0 aliphatic carbocycles. The lowest BCUT2D eigenvalue weighted by Crippen LogP contribution is -2.48. The Morgan fingerprint density at radius 2 is 2.00 bits per heavy atom. The van der Waals surface area contributed by atoms with Gasteiger partial charge in [-0.1, -0.05) is 12.1 Å². The van der Waals surface area contributed by atoms with E-state index in [0.717, 1.165) is 11.3 Å². The number of amides is 1. The van der Waals surface area contributed by atoms with Gasteiger partial charge in [0.05, 0.1) is 26.1 Å². The van der Waals surface area contributed by atoms with Gasteiger partial charge in [-0.05, 0) is 24.1 Å². The molecule has 1 saturated heterocycles. The minimum atomic E-state index is -1.11. The number of carbonyl (C=O) groups is 1. The Labute approximate surface area is 191 Å². The second-order valence-corrected chi connectivity index (χ2v) is 8.10. The highest BCUT2D eigenvalue weighted by molar-refractivity contribution is 5.83. The molecule has 11 heteroatoms. The molecule has 2 aromatic heterocycles. The van der Waals surface area contributed by atoms with Crippen molar-refractivity contribution in [1.82, 2.24) is 24.8 Å². The van der Waals surface area contributed by atoms with E-state index in [1.807, 2.05) is 43.3 Å². The minimum Gasteiger partial charge on any atom is -0.497 e. The first kappa shape index (κ1) is 22.9. The van der Waals surface area contributed by atoms with Crippen LogP contribution in [0.5, 0.6) is 5.75 Å². The number of benzene rings is 1. The third-order valence-corrected chi connectivity index (χ3v) is 5.72. The fraction of sp³-hybridized carbons (Fsp3) is 0.455. The van der Waals surface area contributed by atoms with Crippen molar-refractivity contribution in [2.45, 2.75) is 37.3 Å². The molecular formula is C22H28N6O5. The van der Waals surface area contributed by atoms with Crippen molar-refractivity contribution in [2.75, 3.05) is 32.7 Å². The van der Waals surface area contributed by atoms with Crippen LogP contribution in [0.3, 0.4) is 0 Å². The van der Waals surface area contributed by atoms with Crippen molar-refractivity contribution in [3.8, 4) is 5.75 Å². The molecule has 0 spiro atoms. The van der Waals surface area contributed by atoms with Gasteiger partial charge in [-0.25, -0.2) is 15.0 Å². The van der Waals surface area contributed by atoms with E-state index in [4.69, 9.17) is 9.47 Å². The number of hydrogen-bond donors (Lipinski definition) is 3. The topological polar surface area (TPSA) is 135 Å². The Morgan fingerprint density at radius 1 is 1.24 bits per heavy atom. The van der Waals surface area contributed by atoms with Crippen molar-refractivity contribution < 1.29 is 24.5 Å². The van der Waals surface area contributed by atoms with Crippen LogP contribution < -0.4 is 15.0 Å². The molecule has 33 heavy (non-hydrogen) atoms. The van der Waals surface area contributed by atoms with Gasteiger partial charge in [0.25, 0.3) is 0 Å². The lowest BCUT2D eigenvalue weighted by molar-refractivity contribution is -0.122. The van der Waals surface area contributed by atoms with Gasteiger partial charge in [0.15, 0.2) is 23.2 Å². The van der Waals surface area contributed by atoms with Crippen LogP contribution in [0.15, 0.2) is 36.9 Å². The van der Waals surface area contributed by atoms with Crippen LogP contribution in [0, 0.1) is 0 Å². The van der Waals surface area contributed by atoms with Gasteiger partial charge in [0.2, 0.25) is 5.91 Å². The molecular weight excluding hydrogens is 428 g/mol. The third kappa shape index (κ3) is 4.61. The van der Waals surface area contributed by atoms with Crippen molar-refractivity contribution in [3.63, 3.8) is 0 Å². The van der Waals surface area contributed by atoms with Gasteiger partial charge < -0.3 is 29.9 Å². The van der Waals surface area contributed by atoms with E-state index in [1.54, 1.807) is 11.7 Å². The van der Waals surface area contributed by atoms with Gasteiger partial charge in [-0.15, -0.1) is 0 Å². The number of aliphatic hydroxyl groups is 2. The number of aromatic nitrogens is 4. The Kier molecular flexibility index (Phi) is 6.72. The Bertz CT molecular complexity index is 1100. The fourth-order valence-corrected chi connectivity index (χ4v) is 3.97. The maximum absolute atomic E-state index is 12.6. The highest BCUT2D eigenvalue weighted by atomic mass is 16.5. The smallest absolute Gasteiger partial charge is 0.220 e. The van der Waals surface area contributed by atoms with Crippen molar-refractivity contribution in [2.24, 2.45) is 0 Å². The summed E-state index contributed by atoms with van der Waals surface area (Å²) >= 11 is 0. The van der Waals surface area contributed by atoms with E-state index in [9.17, 15) is 15.0 Å². The number of ether oxygens (including phenoxy) is 2. The van der Waals surface area contributed by atoms with E-state index >= 15 is 0 Å². The Balaban J connectivity index is 1.46. The highest BCUT2D eigenvalue weighted by Gasteiger charge is 2.45. The fourth-order valence-electron chi connectivity index (χ4n) is 3.97. The summed E-state index contributed by atoms with van der Waals surface area (Å²) in [5, 5.41) is 23.6. The molecule has 1 fully saturated rings. The molecule has 1 amide bonds. The van der Waals surface area contributed by atoms with E-state index < -0.39 is 24.5 Å². The van der Waals surface area contributed by atoms with Crippen LogP contribution in [0.25, 0.3) is 11.2 Å². The van der Waals surface area contributed by atoms with Crippen molar-refractivity contribution >= 4 is 22.9 Å². The average molecular weight is 457 g/mol. The summed E-state index contributed by atoms with van der Waals surface area (Å²) in [7, 11) is 5.30. The van der Waals surface area contributed by atoms with E-state index in [1.165, 1.54) is 12.7 Å². The zero-order valence-electron chi connectivity index (χ0n) is 18.8. The molecule has 0 radical (unpaired) electrons. The molecule has 4 atom stereocenters. The Morgan fingerprint density at radius 3 is 2.67 bits per heavy atom. The third-order valence-electron chi connectivity index (χ3n) is 5.72. The second-order valence-electron chi connectivity index (χ2n) is 8.10. The number of rotatable bonds is 8. The summed E-state index contributed by atoms with van der Waals surface area (Å²) in [6.07, 6.45) is 0.935. The summed E-state index contributed by atoms with van der Waals surface area (Å²) in [6.45, 7) is -0.360. The van der Waals surface area contributed by atoms with E-state index in [-0.39, 0.29) is 18.9 Å². The standard InChI is InChI=1S/C22H28N6O5/c1-27(2)20-18-21(24-11-23-20)28(12-25-18)22-19(31)17(15(10-29)33-22)26-16(30)9-6-13-4-7-14(32-3)8-5-13/h4-5,7-8,11-12,15,17,19,22,29,31H,6,9-10H2,1-3H3,(H,26,30)/t15-,17?,19-,22-/m1/s1. The number of nitrogens with one attached hydrogen (secondary N) is 1. The number of nitrogens with zero attached hydrogens (tertiary/aromatic N) is 5. The molecule has 1 unspecified atom stereocenters. The number of aryl methyl sites for hydroxylation is 1. The zero-order chi connectivity index (χ0) is 23.5. The Hall–Kier alpha value is -3.28. The summed E-state index contributed by atoms with van der Waals surface area (Å²) < 4.78 is 12.6. The van der Waals surface area contributed by atoms with Crippen LogP contribution in [0.4, 0.5) is 5.82 Å². The predicted molar refractivity (Wildman–Crippen MR) is 120 cm³/mol. The number of hydrogen-bond acceptors (Lipinski definition) is 9. The molecule has 176 valence electrons. The number of fused-ring (bicyclic) bond motifs is 1. The summed E-state index contributed by atoms with van der Waals surface area (Å²) in [5.74, 6) is 1.14. The number of imidazole rings is 1. The van der Waals surface area contributed by atoms with E-state index in [2.05, 4.69) is 20.3 Å². The molecule has 1 aliphatic heterocycles. The largest absolute Gasteiger partial charge is 0.497 e. The first-order chi connectivity index (χ1) is 15.9. The number of methoxy groups -OCH3 is 1. The highest BCUT2D eigenvalue weighted by Crippen LogP contribution is 2.32. The molecule has 3 N–H and O–H groups in total. The van der Waals surface area contributed by atoms with Crippen LogP contribution in [-0.2, 0) is 16.0 Å². The maximum atomic E-state index is 12.6. The second kappa shape index (κ2) is 9.69. The summed E-state index contributed by atoms with van der Waals surface area (Å²) in [6, 6.07) is 6.71. The molecule has 0 bridgehead atoms. The monoisotopic (exact) mass is 456 g/mol. The summed E-state index contributed by atoms with van der Waals surface area (Å²) in [4.78, 5) is 27.3. The van der Waals surface area contributed by atoms with Crippen LogP contribution >= 0.6 is 0 Å². The van der Waals surface area contributed by atoms with Crippen molar-refractivity contribution in [1.29, 1.82) is 0 Å². The molecule has 3 heterocycles. The lowest BCUT2D eigenvalue weighted by Gasteiger charge is -2.21. The molecule has 0 saturated carbocycles. The van der Waals surface area contributed by atoms with Crippen molar-refractivity contribution in [3.05, 3.63) is 42.5 Å². The lowest BCUT2D eigenvalue weighted by atomic mass is 10.1. The normalized spacial score (nSPS) is 22.5. The van der Waals surface area contributed by atoms with Gasteiger partial charge >= 0.3 is 0 Å². The quantitative estimate of drug-likeness (QED) is 0.436. The van der Waals surface area contributed by atoms with Gasteiger partial charge in [-0.2, -0.15) is 0 Å². The molecule has 11 nitrogen and oxygen atoms in total. The zero-order valence-corrected chi connectivity index (χ0v) is 18.8.